The van der Waals surface area contributed by atoms with Gasteiger partial charge in [0.05, 0.1) is 0 Å². The van der Waals surface area contributed by atoms with Gasteiger partial charge in [-0.25, -0.2) is 0 Å². The van der Waals surface area contributed by atoms with Gasteiger partial charge in [-0.05, 0) is 0 Å². The van der Waals surface area contributed by atoms with E-state index in [1.165, 1.54) is 0 Å². The highest BCUT2D eigenvalue weighted by Gasteiger charge is 1.50. The van der Waals surface area contributed by atoms with Crippen molar-refractivity contribution in [1.29, 1.82) is 0 Å². The highest BCUT2D eigenvalue weighted by Crippen LogP contribution is 1.12. The molecule has 0 aromatic heterocycles. The van der Waals surface area contributed by atoms with Gasteiger partial charge < -0.3 is 10.7 Å². The average molecular weight is 73.2 g/mol. The van der Waals surface area contributed by atoms with Crippen LogP contribution < -0.4 is 10.7 Å². The number of nitrogens with one attached hydrogen (secondary N) is 1. The fourth-order valence-electron chi connectivity index (χ4n) is 0. The molecule has 0 unspecified atom stereocenters. The van der Waals surface area contributed by atoms with E-state index in [2.05, 4.69) is 15.4 Å². The average Bonchev–Trinajstić information content (AvgIpc) is 1.37. The fraction of sp³-hybridized carbons (Fsp3) is 1.00. The van der Waals surface area contributed by atoms with E-state index < -0.39 is 0 Å². The van der Waals surface area contributed by atoms with Crippen LogP contribution in [0.1, 0.15) is 0 Å². The lowest BCUT2D eigenvalue weighted by Gasteiger charge is -1.76. The topological polar surface area (TPSA) is 38.0 Å². The van der Waals surface area contributed by atoms with Crippen LogP contribution in [0.3, 0.4) is 0 Å². The van der Waals surface area contributed by atoms with Crippen LogP contribution in [0.25, 0.3) is 0 Å². The minimum atomic E-state index is 0.483. The van der Waals surface area contributed by atoms with Crippen LogP contribution in [0.2, 0.25) is 0 Å². The second-order valence-corrected chi connectivity index (χ2v) is 0.734. The quantitative estimate of drug-likeness (QED) is 0.295. The minimum absolute atomic E-state index is 0.483. The highest BCUT2D eigenvalue weighted by atomic mass is 28.2. The van der Waals surface area contributed by atoms with Crippen LogP contribution in [0.15, 0.2) is 0 Å². The van der Waals surface area contributed by atoms with Gasteiger partial charge in [-0.15, -0.1) is 0 Å². The molecule has 0 aliphatic rings. The second-order valence-electron chi connectivity index (χ2n) is 0.381. The highest BCUT2D eigenvalue weighted by molar-refractivity contribution is 6.04. The molecule has 4 heavy (non-hydrogen) atoms. The van der Waals surface area contributed by atoms with Crippen molar-refractivity contribution in [3.05, 3.63) is 0 Å². The van der Waals surface area contributed by atoms with Crippen molar-refractivity contribution in [2.24, 2.45) is 5.73 Å². The number of rotatable bonds is 1. The Morgan fingerprint density at radius 1 is 2.00 bits per heavy atom. The third kappa shape index (κ3) is 2.14. The molecule has 0 aromatic rings. The molecule has 0 aliphatic heterocycles. The van der Waals surface area contributed by atoms with E-state index in [-0.39, 0.29) is 0 Å². The maximum atomic E-state index is 4.87. The molecule has 2 nitrogen and oxygen atoms in total. The zero-order chi connectivity index (χ0) is 3.41. The van der Waals surface area contributed by atoms with E-state index >= 15 is 0 Å². The molecule has 0 fully saturated rings. The molecule has 3 N–H and O–H groups in total. The maximum Gasteiger partial charge on any atom is 0.141 e. The first-order chi connectivity index (χ1) is 1.91. The molecule has 0 saturated carbocycles. The predicted molar refractivity (Wildman–Crippen MR) is 17.9 cm³/mol. The summed E-state index contributed by atoms with van der Waals surface area (Å²) < 4.78 is 0. The Labute approximate surface area is 28.9 Å². The van der Waals surface area contributed by atoms with Gasteiger partial charge in [0.25, 0.3) is 0 Å². The van der Waals surface area contributed by atoms with Crippen LogP contribution in [0.4, 0.5) is 0 Å². The summed E-state index contributed by atoms with van der Waals surface area (Å²) in [4.78, 5) is 2.51. The summed E-state index contributed by atoms with van der Waals surface area (Å²) in [5.74, 6) is 0. The molecule has 0 rings (SSSR count). The Bertz CT molecular complexity index is 8.00. The smallest absolute Gasteiger partial charge is 0.141 e. The molecule has 0 saturated heterocycles. The Hall–Kier alpha value is 0.137. The molecular formula is CH5N2Si. The first-order valence-electron chi connectivity index (χ1n) is 1.01. The van der Waals surface area contributed by atoms with Crippen molar-refractivity contribution in [2.45, 2.75) is 0 Å². The summed E-state index contributed by atoms with van der Waals surface area (Å²) in [6.45, 7) is 0.483. The Kier molecular flexibility index (Phi) is 3.24. The molecule has 0 amide bonds. The second kappa shape index (κ2) is 3.14. The monoisotopic (exact) mass is 73.0 g/mol. The number of hydrogen-bond acceptors (Lipinski definition) is 2. The Balaban J connectivity index is 1.97. The molecule has 0 heterocycles. The van der Waals surface area contributed by atoms with Gasteiger partial charge >= 0.3 is 0 Å². The summed E-state index contributed by atoms with van der Waals surface area (Å²) in [6, 6.07) is 0. The molecule has 23 valence electrons. The van der Waals surface area contributed by atoms with Gasteiger partial charge in [0.2, 0.25) is 0 Å². The van der Waals surface area contributed by atoms with Gasteiger partial charge in [-0.1, -0.05) is 0 Å². The maximum absolute atomic E-state index is 4.87. The summed E-state index contributed by atoms with van der Waals surface area (Å²) >= 11 is 0. The zero-order valence-corrected chi connectivity index (χ0v) is 3.28. The summed E-state index contributed by atoms with van der Waals surface area (Å²) in [7, 11) is 2.91. The van der Waals surface area contributed by atoms with E-state index in [1.54, 1.807) is 0 Å². The lowest BCUT2D eigenvalue weighted by atomic mass is 11.3. The van der Waals surface area contributed by atoms with E-state index in [9.17, 15) is 0 Å². The molecule has 0 spiro atoms. The molecule has 0 aliphatic carbocycles. The van der Waals surface area contributed by atoms with Crippen LogP contribution >= 0.6 is 0 Å². The molecule has 0 bridgehead atoms. The lowest BCUT2D eigenvalue weighted by molar-refractivity contribution is 0.972. The largest absolute Gasteiger partial charge is 0.329 e. The zero-order valence-electron chi connectivity index (χ0n) is 2.28. The van der Waals surface area contributed by atoms with E-state index in [4.69, 9.17) is 5.73 Å². The van der Waals surface area contributed by atoms with Crippen molar-refractivity contribution in [3.63, 3.8) is 0 Å². The number of hydrogen-bond donors (Lipinski definition) is 2. The summed E-state index contributed by atoms with van der Waals surface area (Å²) in [5, 5.41) is 0. The Morgan fingerprint density at radius 3 is 2.25 bits per heavy atom. The fourth-order valence-corrected chi connectivity index (χ4v) is 0. The first kappa shape index (κ1) is 4.14. The molecular weight excluding hydrogens is 68.1 g/mol. The van der Waals surface area contributed by atoms with E-state index in [0.717, 1.165) is 0 Å². The van der Waals surface area contributed by atoms with Crippen LogP contribution in [0, 0.1) is 0 Å². The first-order valence-corrected chi connectivity index (χ1v) is 1.51. The molecule has 3 heteroatoms. The van der Waals surface area contributed by atoms with Crippen molar-refractivity contribution in [2.75, 3.05) is 6.67 Å². The standard InChI is InChI=1S/CH5N2Si/c2-1-3-4/h3H,1-2H2. The van der Waals surface area contributed by atoms with Crippen LogP contribution in [-0.4, -0.2) is 17.1 Å². The van der Waals surface area contributed by atoms with Crippen molar-refractivity contribution < 1.29 is 0 Å². The van der Waals surface area contributed by atoms with E-state index in [0.29, 0.717) is 6.67 Å². The normalized spacial score (nSPS) is 7.50. The third-order valence-corrected chi connectivity index (χ3v) is 0.306. The van der Waals surface area contributed by atoms with Crippen molar-refractivity contribution in [3.8, 4) is 0 Å². The van der Waals surface area contributed by atoms with Gasteiger partial charge in [0.1, 0.15) is 10.4 Å². The van der Waals surface area contributed by atoms with Gasteiger partial charge in [-0.3, -0.25) is 0 Å². The molecule has 0 aromatic carbocycles. The van der Waals surface area contributed by atoms with Crippen LogP contribution in [0.5, 0.6) is 0 Å². The third-order valence-electron chi connectivity index (χ3n) is 0.102. The molecule has 3 radical (unpaired) electrons. The van der Waals surface area contributed by atoms with Crippen LogP contribution in [-0.2, 0) is 0 Å². The van der Waals surface area contributed by atoms with Gasteiger partial charge in [0.15, 0.2) is 0 Å². The van der Waals surface area contributed by atoms with Crippen molar-refractivity contribution >= 4 is 10.4 Å². The van der Waals surface area contributed by atoms with Crippen molar-refractivity contribution in [1.82, 2.24) is 4.98 Å². The summed E-state index contributed by atoms with van der Waals surface area (Å²) in [5.41, 5.74) is 4.87. The number of nitrogens with two attached hydrogens (primary N) is 1. The minimum Gasteiger partial charge on any atom is -0.329 e. The van der Waals surface area contributed by atoms with E-state index in [1.807, 2.05) is 0 Å². The summed E-state index contributed by atoms with van der Waals surface area (Å²) in [6.07, 6.45) is 0. The lowest BCUT2D eigenvalue weighted by Crippen LogP contribution is -2.17. The molecule has 0 atom stereocenters. The predicted octanol–water partition coefficient (Wildman–Crippen LogP) is -1.42. The Morgan fingerprint density at radius 2 is 2.25 bits per heavy atom. The van der Waals surface area contributed by atoms with Gasteiger partial charge in [-0.2, -0.15) is 0 Å². The SMILES string of the molecule is NCN[Si]. The van der Waals surface area contributed by atoms with Gasteiger partial charge in [0, 0.05) is 6.67 Å².